The van der Waals surface area contributed by atoms with Gasteiger partial charge in [0.2, 0.25) is 0 Å². The predicted octanol–water partition coefficient (Wildman–Crippen LogP) is 2.58. The third kappa shape index (κ3) is 3.05. The molecule has 0 saturated heterocycles. The minimum Gasteiger partial charge on any atom is -0.492 e. The number of hydrogen-bond acceptors (Lipinski definition) is 3. The number of hydrogen-bond donors (Lipinski definition) is 2. The van der Waals surface area contributed by atoms with Gasteiger partial charge in [0.05, 0.1) is 6.10 Å². The molecule has 18 heavy (non-hydrogen) atoms. The standard InChI is InChI=1S/C14H20BrNO2/c1-14(2)12(9-13(14)17)16-6-7-18-11-5-3-4-10(15)8-11/h3-5,8,12-13,16-17H,6-7,9H2,1-2H3. The van der Waals surface area contributed by atoms with Gasteiger partial charge in [0.15, 0.2) is 0 Å². The van der Waals surface area contributed by atoms with Crippen molar-refractivity contribution in [3.8, 4) is 5.75 Å². The summed E-state index contributed by atoms with van der Waals surface area (Å²) in [6.45, 7) is 5.62. The van der Waals surface area contributed by atoms with E-state index in [1.165, 1.54) is 0 Å². The third-order valence-electron chi connectivity index (χ3n) is 3.77. The first-order chi connectivity index (χ1) is 8.50. The predicted molar refractivity (Wildman–Crippen MR) is 75.8 cm³/mol. The highest BCUT2D eigenvalue weighted by Crippen LogP contribution is 2.40. The Hall–Kier alpha value is -0.580. The van der Waals surface area contributed by atoms with Crippen molar-refractivity contribution in [3.63, 3.8) is 0 Å². The van der Waals surface area contributed by atoms with E-state index in [0.29, 0.717) is 12.6 Å². The Morgan fingerprint density at radius 3 is 2.89 bits per heavy atom. The first-order valence-electron chi connectivity index (χ1n) is 6.30. The number of halogens is 1. The van der Waals surface area contributed by atoms with E-state index in [4.69, 9.17) is 4.74 Å². The molecule has 2 N–H and O–H groups in total. The first kappa shape index (κ1) is 13.8. The lowest BCUT2D eigenvalue weighted by atomic mass is 9.64. The number of rotatable bonds is 5. The summed E-state index contributed by atoms with van der Waals surface area (Å²) in [5.74, 6) is 0.874. The first-order valence-corrected chi connectivity index (χ1v) is 7.09. The lowest BCUT2D eigenvalue weighted by molar-refractivity contribution is -0.0728. The highest BCUT2D eigenvalue weighted by molar-refractivity contribution is 9.10. The molecule has 0 amide bonds. The molecule has 0 heterocycles. The van der Waals surface area contributed by atoms with Crippen molar-refractivity contribution >= 4 is 15.9 Å². The summed E-state index contributed by atoms with van der Waals surface area (Å²) in [7, 11) is 0. The Morgan fingerprint density at radius 1 is 1.50 bits per heavy atom. The van der Waals surface area contributed by atoms with E-state index in [1.807, 2.05) is 24.3 Å². The van der Waals surface area contributed by atoms with Gasteiger partial charge in [-0.1, -0.05) is 35.8 Å². The molecule has 4 heteroatoms. The zero-order valence-electron chi connectivity index (χ0n) is 10.8. The average molecular weight is 314 g/mol. The molecular weight excluding hydrogens is 294 g/mol. The van der Waals surface area contributed by atoms with Crippen LogP contribution in [0.1, 0.15) is 20.3 Å². The van der Waals surface area contributed by atoms with Crippen LogP contribution in [-0.2, 0) is 0 Å². The Bertz CT molecular complexity index is 409. The maximum atomic E-state index is 9.63. The number of benzene rings is 1. The Labute approximate surface area is 117 Å². The second-order valence-corrected chi connectivity index (χ2v) is 6.30. The Kier molecular flexibility index (Phi) is 4.30. The lowest BCUT2D eigenvalue weighted by Gasteiger charge is -2.49. The molecule has 0 bridgehead atoms. The molecule has 2 unspecified atom stereocenters. The van der Waals surface area contributed by atoms with E-state index in [0.717, 1.165) is 23.2 Å². The van der Waals surface area contributed by atoms with Crippen molar-refractivity contribution in [2.45, 2.75) is 32.4 Å². The molecule has 0 radical (unpaired) electrons. The summed E-state index contributed by atoms with van der Waals surface area (Å²) in [4.78, 5) is 0. The van der Waals surface area contributed by atoms with Gasteiger partial charge in [0.1, 0.15) is 12.4 Å². The fourth-order valence-corrected chi connectivity index (χ4v) is 2.59. The SMILES string of the molecule is CC1(C)C(O)CC1NCCOc1cccc(Br)c1. The number of aliphatic hydroxyl groups is 1. The zero-order chi connectivity index (χ0) is 13.2. The van der Waals surface area contributed by atoms with Crippen LogP contribution >= 0.6 is 15.9 Å². The fourth-order valence-electron chi connectivity index (χ4n) is 2.21. The van der Waals surface area contributed by atoms with Crippen molar-refractivity contribution < 1.29 is 9.84 Å². The minimum atomic E-state index is -0.180. The van der Waals surface area contributed by atoms with Crippen LogP contribution in [-0.4, -0.2) is 30.4 Å². The summed E-state index contributed by atoms with van der Waals surface area (Å²) >= 11 is 3.41. The van der Waals surface area contributed by atoms with E-state index in [1.54, 1.807) is 0 Å². The summed E-state index contributed by atoms with van der Waals surface area (Å²) in [5.41, 5.74) is -0.0181. The molecule has 0 spiro atoms. The Morgan fingerprint density at radius 2 is 2.28 bits per heavy atom. The molecule has 2 rings (SSSR count). The fraction of sp³-hybridized carbons (Fsp3) is 0.571. The van der Waals surface area contributed by atoms with Gasteiger partial charge >= 0.3 is 0 Å². The highest BCUT2D eigenvalue weighted by Gasteiger charge is 2.46. The van der Waals surface area contributed by atoms with Gasteiger partial charge in [-0.25, -0.2) is 0 Å². The van der Waals surface area contributed by atoms with Gasteiger partial charge in [0, 0.05) is 22.5 Å². The molecule has 1 aromatic rings. The molecule has 3 nitrogen and oxygen atoms in total. The number of aliphatic hydroxyl groups excluding tert-OH is 1. The van der Waals surface area contributed by atoms with Crippen LogP contribution in [0.15, 0.2) is 28.7 Å². The minimum absolute atomic E-state index is 0.0181. The molecule has 2 atom stereocenters. The quantitative estimate of drug-likeness (QED) is 0.821. The second-order valence-electron chi connectivity index (χ2n) is 5.39. The summed E-state index contributed by atoms with van der Waals surface area (Å²) in [5, 5.41) is 13.1. The van der Waals surface area contributed by atoms with E-state index in [-0.39, 0.29) is 11.5 Å². The second kappa shape index (κ2) is 5.59. The van der Waals surface area contributed by atoms with Crippen LogP contribution in [0, 0.1) is 5.41 Å². The third-order valence-corrected chi connectivity index (χ3v) is 4.27. The van der Waals surface area contributed by atoms with Crippen LogP contribution in [0.4, 0.5) is 0 Å². The molecule has 0 aromatic heterocycles. The van der Waals surface area contributed by atoms with E-state index >= 15 is 0 Å². The van der Waals surface area contributed by atoms with Gasteiger partial charge in [-0.15, -0.1) is 0 Å². The number of nitrogens with one attached hydrogen (secondary N) is 1. The summed E-state index contributed by atoms with van der Waals surface area (Å²) in [6.07, 6.45) is 0.658. The molecule has 1 aliphatic carbocycles. The molecule has 1 aromatic carbocycles. The van der Waals surface area contributed by atoms with Crippen molar-refractivity contribution in [1.29, 1.82) is 0 Å². The van der Waals surface area contributed by atoms with E-state index < -0.39 is 0 Å². The number of ether oxygens (including phenoxy) is 1. The van der Waals surface area contributed by atoms with Crippen molar-refractivity contribution in [2.24, 2.45) is 5.41 Å². The van der Waals surface area contributed by atoms with Crippen molar-refractivity contribution in [2.75, 3.05) is 13.2 Å². The maximum absolute atomic E-state index is 9.63. The van der Waals surface area contributed by atoms with Gasteiger partial charge in [0.25, 0.3) is 0 Å². The molecule has 0 aliphatic heterocycles. The smallest absolute Gasteiger partial charge is 0.120 e. The molecule has 1 fully saturated rings. The molecule has 100 valence electrons. The topological polar surface area (TPSA) is 41.5 Å². The van der Waals surface area contributed by atoms with Crippen LogP contribution < -0.4 is 10.1 Å². The van der Waals surface area contributed by atoms with Gasteiger partial charge < -0.3 is 15.2 Å². The largest absolute Gasteiger partial charge is 0.492 e. The van der Waals surface area contributed by atoms with Crippen LogP contribution in [0.3, 0.4) is 0 Å². The molecular formula is C14H20BrNO2. The van der Waals surface area contributed by atoms with Gasteiger partial charge in [-0.2, -0.15) is 0 Å². The van der Waals surface area contributed by atoms with Crippen molar-refractivity contribution in [3.05, 3.63) is 28.7 Å². The molecule has 1 aliphatic rings. The average Bonchev–Trinajstić information content (AvgIpc) is 2.33. The summed E-state index contributed by atoms with van der Waals surface area (Å²) in [6, 6.07) is 8.22. The van der Waals surface area contributed by atoms with E-state index in [9.17, 15) is 5.11 Å². The maximum Gasteiger partial charge on any atom is 0.120 e. The van der Waals surface area contributed by atoms with Gasteiger partial charge in [-0.05, 0) is 24.6 Å². The van der Waals surface area contributed by atoms with Gasteiger partial charge in [-0.3, -0.25) is 0 Å². The summed E-state index contributed by atoms with van der Waals surface area (Å²) < 4.78 is 6.67. The Balaban J connectivity index is 1.68. The van der Waals surface area contributed by atoms with Crippen LogP contribution in [0.2, 0.25) is 0 Å². The monoisotopic (exact) mass is 313 g/mol. The normalized spacial score (nSPS) is 25.6. The van der Waals surface area contributed by atoms with E-state index in [2.05, 4.69) is 35.1 Å². The lowest BCUT2D eigenvalue weighted by Crippen LogP contribution is -2.60. The van der Waals surface area contributed by atoms with Crippen LogP contribution in [0.25, 0.3) is 0 Å². The zero-order valence-corrected chi connectivity index (χ0v) is 12.4. The molecule has 1 saturated carbocycles. The highest BCUT2D eigenvalue weighted by atomic mass is 79.9. The van der Waals surface area contributed by atoms with Crippen LogP contribution in [0.5, 0.6) is 5.75 Å². The van der Waals surface area contributed by atoms with Crippen molar-refractivity contribution in [1.82, 2.24) is 5.32 Å².